The van der Waals surface area contributed by atoms with Gasteiger partial charge in [-0.25, -0.2) is 0 Å². The molecule has 5 heteroatoms. The number of carbonyl (C=O) groups is 1. The fourth-order valence-corrected chi connectivity index (χ4v) is 3.16. The lowest BCUT2D eigenvalue weighted by Crippen LogP contribution is -2.37. The largest absolute Gasteiger partial charge is 0.396 e. The lowest BCUT2D eigenvalue weighted by atomic mass is 9.98. The third-order valence-corrected chi connectivity index (χ3v) is 5.45. The van der Waals surface area contributed by atoms with Gasteiger partial charge in [0.05, 0.1) is 19.1 Å². The van der Waals surface area contributed by atoms with Crippen LogP contribution in [0.5, 0.6) is 0 Å². The minimum Gasteiger partial charge on any atom is -0.396 e. The minimum atomic E-state index is -0.384. The molecule has 1 fully saturated rings. The molecule has 0 radical (unpaired) electrons. The maximum absolute atomic E-state index is 11.6. The van der Waals surface area contributed by atoms with Gasteiger partial charge in [0.25, 0.3) is 0 Å². The van der Waals surface area contributed by atoms with Crippen molar-refractivity contribution < 1.29 is 14.6 Å². The summed E-state index contributed by atoms with van der Waals surface area (Å²) in [5.74, 6) is -0.323. The molecule has 0 bridgehead atoms. The van der Waals surface area contributed by atoms with Crippen LogP contribution in [0.3, 0.4) is 0 Å². The summed E-state index contributed by atoms with van der Waals surface area (Å²) in [5, 5.41) is 13.0. The number of aliphatic hydroxyl groups is 1. The van der Waals surface area contributed by atoms with Crippen LogP contribution in [0.1, 0.15) is 18.4 Å². The van der Waals surface area contributed by atoms with Crippen molar-refractivity contribution in [3.05, 3.63) is 70.3 Å². The van der Waals surface area contributed by atoms with Crippen LogP contribution >= 0.6 is 15.9 Å². The fraction of sp³-hybridized carbons (Fsp3) is 0.381. The molecule has 2 unspecified atom stereocenters. The molecule has 0 spiro atoms. The van der Waals surface area contributed by atoms with Gasteiger partial charge in [-0.05, 0) is 36.1 Å². The summed E-state index contributed by atoms with van der Waals surface area (Å²) in [6.07, 6.45) is 12.0. The summed E-state index contributed by atoms with van der Waals surface area (Å²) in [6.45, 7) is 1.25. The molecule has 1 aromatic carbocycles. The first-order valence-electron chi connectivity index (χ1n) is 8.86. The van der Waals surface area contributed by atoms with Gasteiger partial charge in [0.1, 0.15) is 12.5 Å². The van der Waals surface area contributed by atoms with Crippen LogP contribution in [0.15, 0.2) is 64.7 Å². The molecule has 2 N–H and O–H groups in total. The van der Waals surface area contributed by atoms with Crippen molar-refractivity contribution in [1.29, 1.82) is 0 Å². The molecule has 0 amide bonds. The summed E-state index contributed by atoms with van der Waals surface area (Å²) in [7, 11) is 0. The van der Waals surface area contributed by atoms with Crippen LogP contribution in [0.25, 0.3) is 0 Å². The molecule has 2 aliphatic rings. The van der Waals surface area contributed by atoms with Crippen LogP contribution in [-0.4, -0.2) is 30.8 Å². The van der Waals surface area contributed by atoms with E-state index in [9.17, 15) is 9.90 Å². The Morgan fingerprint density at radius 1 is 1.27 bits per heavy atom. The Bertz CT molecular complexity index is 704. The Kier molecular flexibility index (Phi) is 6.59. The minimum absolute atomic E-state index is 0.106. The van der Waals surface area contributed by atoms with E-state index in [1.165, 1.54) is 0 Å². The molecule has 0 aliphatic heterocycles. The van der Waals surface area contributed by atoms with Crippen LogP contribution in [0.2, 0.25) is 0 Å². The van der Waals surface area contributed by atoms with Crippen molar-refractivity contribution in [3.63, 3.8) is 0 Å². The number of hydrogen-bond acceptors (Lipinski definition) is 4. The second kappa shape index (κ2) is 8.91. The molecule has 138 valence electrons. The Morgan fingerprint density at radius 3 is 2.69 bits per heavy atom. The van der Waals surface area contributed by atoms with Crippen molar-refractivity contribution in [1.82, 2.24) is 5.32 Å². The van der Waals surface area contributed by atoms with Gasteiger partial charge in [-0.2, -0.15) is 0 Å². The van der Waals surface area contributed by atoms with E-state index in [0.29, 0.717) is 13.2 Å². The first-order valence-corrected chi connectivity index (χ1v) is 9.66. The summed E-state index contributed by atoms with van der Waals surface area (Å²) in [6, 6.07) is 8.09. The van der Waals surface area contributed by atoms with Gasteiger partial charge in [0.2, 0.25) is 0 Å². The molecule has 0 heterocycles. The maximum atomic E-state index is 11.6. The number of rotatable bonds is 9. The highest BCUT2D eigenvalue weighted by Gasteiger charge is 2.43. The highest BCUT2D eigenvalue weighted by Crippen LogP contribution is 2.45. The second-order valence-electron chi connectivity index (χ2n) is 6.95. The Hall–Kier alpha value is -1.53. The highest BCUT2D eigenvalue weighted by molar-refractivity contribution is 9.10. The van der Waals surface area contributed by atoms with E-state index in [1.807, 2.05) is 54.6 Å². The van der Waals surface area contributed by atoms with Gasteiger partial charge in [-0.3, -0.25) is 5.32 Å². The average molecular weight is 418 g/mol. The lowest BCUT2D eigenvalue weighted by Gasteiger charge is -2.26. The van der Waals surface area contributed by atoms with E-state index in [4.69, 9.17) is 4.74 Å². The predicted molar refractivity (Wildman–Crippen MR) is 105 cm³/mol. The predicted octanol–water partition coefficient (Wildman–Crippen LogP) is 3.52. The molecule has 3 rings (SSSR count). The number of aldehydes is 1. The number of carbonyl (C=O) groups excluding carboxylic acids is 1. The summed E-state index contributed by atoms with van der Waals surface area (Å²) < 4.78 is 7.20. The number of nitrogens with one attached hydrogen (secondary N) is 1. The molecule has 1 aromatic rings. The van der Waals surface area contributed by atoms with Crippen LogP contribution in [-0.2, 0) is 16.1 Å². The lowest BCUT2D eigenvalue weighted by molar-refractivity contribution is -0.109. The molecule has 26 heavy (non-hydrogen) atoms. The molecule has 4 nitrogen and oxygen atoms in total. The van der Waals surface area contributed by atoms with Gasteiger partial charge < -0.3 is 14.6 Å². The third-order valence-electron chi connectivity index (χ3n) is 4.92. The number of aliphatic hydroxyl groups excluding tert-OH is 1. The van der Waals surface area contributed by atoms with Crippen molar-refractivity contribution in [3.8, 4) is 0 Å². The molecular formula is C21H24BrNO3. The van der Waals surface area contributed by atoms with Gasteiger partial charge in [0, 0.05) is 16.4 Å². The topological polar surface area (TPSA) is 58.6 Å². The number of allylic oxidation sites excluding steroid dienone is 5. The number of halogens is 1. The van der Waals surface area contributed by atoms with Crippen molar-refractivity contribution in [2.75, 3.05) is 13.2 Å². The average Bonchev–Trinajstić information content (AvgIpc) is 3.47. The maximum Gasteiger partial charge on any atom is 0.131 e. The van der Waals surface area contributed by atoms with E-state index >= 15 is 0 Å². The molecule has 2 atom stereocenters. The third kappa shape index (κ3) is 5.01. The summed E-state index contributed by atoms with van der Waals surface area (Å²) >= 11 is 3.44. The van der Waals surface area contributed by atoms with E-state index in [2.05, 4.69) is 21.2 Å². The van der Waals surface area contributed by atoms with Gasteiger partial charge >= 0.3 is 0 Å². The number of benzene rings is 1. The molecule has 0 aromatic heterocycles. The van der Waals surface area contributed by atoms with E-state index in [-0.39, 0.29) is 24.2 Å². The first kappa shape index (κ1) is 19.2. The van der Waals surface area contributed by atoms with Crippen LogP contribution in [0.4, 0.5) is 0 Å². The van der Waals surface area contributed by atoms with E-state index in [1.54, 1.807) is 0 Å². The van der Waals surface area contributed by atoms with Crippen LogP contribution < -0.4 is 5.32 Å². The molecular weight excluding hydrogens is 394 g/mol. The fourth-order valence-electron chi connectivity index (χ4n) is 2.89. The Balaban J connectivity index is 1.73. The molecule has 2 aliphatic carbocycles. The number of ether oxygens (including phenoxy) is 1. The van der Waals surface area contributed by atoms with Gasteiger partial charge in [0.15, 0.2) is 0 Å². The standard InChI is InChI=1S/C21H24BrNO3/c22-18-8-6-16(7-9-18)12-23-20(26-15-21(14-25)10-11-21)19-5-3-1-2-4-17(19)13-24/h1-9,13,17,20,23,25H,10-12,14-15H2. The zero-order valence-electron chi connectivity index (χ0n) is 14.6. The highest BCUT2D eigenvalue weighted by atomic mass is 79.9. The van der Waals surface area contributed by atoms with Gasteiger partial charge in [-0.15, -0.1) is 0 Å². The SMILES string of the molecule is O=CC1C=CC=CC=C1C(NCc1ccc(Br)cc1)OCC1(CO)CC1. The van der Waals surface area contributed by atoms with Crippen LogP contribution in [0, 0.1) is 11.3 Å². The van der Waals surface area contributed by atoms with Crippen molar-refractivity contribution >= 4 is 22.2 Å². The zero-order chi connectivity index (χ0) is 18.4. The quantitative estimate of drug-likeness (QED) is 0.476. The summed E-state index contributed by atoms with van der Waals surface area (Å²) in [5.41, 5.74) is 1.91. The Morgan fingerprint density at radius 2 is 2.04 bits per heavy atom. The van der Waals surface area contributed by atoms with Crippen molar-refractivity contribution in [2.24, 2.45) is 11.3 Å². The Labute approximate surface area is 162 Å². The second-order valence-corrected chi connectivity index (χ2v) is 7.87. The monoisotopic (exact) mass is 417 g/mol. The van der Waals surface area contributed by atoms with Crippen molar-refractivity contribution in [2.45, 2.75) is 25.6 Å². The van der Waals surface area contributed by atoms with E-state index in [0.717, 1.165) is 34.7 Å². The molecule has 0 saturated heterocycles. The number of hydrogen-bond donors (Lipinski definition) is 2. The first-order chi connectivity index (χ1) is 12.7. The summed E-state index contributed by atoms with van der Waals surface area (Å²) in [4.78, 5) is 11.6. The normalized spacial score (nSPS) is 21.8. The molecule has 1 saturated carbocycles. The van der Waals surface area contributed by atoms with Gasteiger partial charge in [-0.1, -0.05) is 58.4 Å². The zero-order valence-corrected chi connectivity index (χ0v) is 16.2. The smallest absolute Gasteiger partial charge is 0.131 e. The van der Waals surface area contributed by atoms with E-state index < -0.39 is 0 Å².